The average Bonchev–Trinajstić information content (AvgIpc) is 4.17. The molecule has 0 saturated carbocycles. The van der Waals surface area contributed by atoms with Crippen LogP contribution in [0.5, 0.6) is 0 Å². The maximum absolute atomic E-state index is 6.98. The fourth-order valence-electron chi connectivity index (χ4n) is 11.3. The van der Waals surface area contributed by atoms with Crippen molar-refractivity contribution in [2.24, 2.45) is 0 Å². The molecule has 0 spiro atoms. The number of rotatable bonds is 8. The van der Waals surface area contributed by atoms with Gasteiger partial charge in [-0.1, -0.05) is 182 Å². The van der Waals surface area contributed by atoms with Crippen LogP contribution in [0.15, 0.2) is 268 Å². The van der Waals surface area contributed by atoms with E-state index in [0.717, 1.165) is 144 Å². The lowest BCUT2D eigenvalue weighted by Crippen LogP contribution is -2.10. The lowest BCUT2D eigenvalue weighted by Gasteiger charge is -2.26. The second-order valence-corrected chi connectivity index (χ2v) is 18.7. The molecule has 0 N–H and O–H groups in total. The van der Waals surface area contributed by atoms with Gasteiger partial charge in [-0.15, -0.1) is 0 Å². The first kappa shape index (κ1) is 41.0. The Kier molecular flexibility index (Phi) is 9.19. The van der Waals surface area contributed by atoms with Gasteiger partial charge in [-0.25, -0.2) is 0 Å². The number of para-hydroxylation sites is 6. The van der Waals surface area contributed by atoms with Crippen molar-refractivity contribution < 1.29 is 13.3 Å². The molecule has 15 aromatic rings. The summed E-state index contributed by atoms with van der Waals surface area (Å²) in [5.41, 5.74) is 15.6. The van der Waals surface area contributed by atoms with Gasteiger partial charge >= 0.3 is 0 Å². The summed E-state index contributed by atoms with van der Waals surface area (Å²) in [6.07, 6.45) is 0. The highest BCUT2D eigenvalue weighted by Crippen LogP contribution is 2.48. The maximum Gasteiger partial charge on any atom is 0.159 e. The quantitative estimate of drug-likeness (QED) is 0.152. The van der Waals surface area contributed by atoms with Gasteiger partial charge in [-0.05, 0) is 105 Å². The van der Waals surface area contributed by atoms with Crippen LogP contribution in [0.4, 0.5) is 34.1 Å². The first-order chi connectivity index (χ1) is 36.2. The number of furan rings is 3. The van der Waals surface area contributed by atoms with Gasteiger partial charge in [0.05, 0.1) is 11.4 Å². The second kappa shape index (κ2) is 16.4. The van der Waals surface area contributed by atoms with Crippen LogP contribution >= 0.6 is 0 Å². The number of anilines is 6. The third kappa shape index (κ3) is 6.49. The third-order valence-electron chi connectivity index (χ3n) is 14.6. The Labute approximate surface area is 419 Å². The van der Waals surface area contributed by atoms with Crippen molar-refractivity contribution in [1.29, 1.82) is 0 Å². The van der Waals surface area contributed by atoms with Crippen LogP contribution in [-0.2, 0) is 0 Å². The van der Waals surface area contributed by atoms with Crippen molar-refractivity contribution in [3.8, 4) is 22.3 Å². The zero-order valence-electron chi connectivity index (χ0n) is 39.4. The summed E-state index contributed by atoms with van der Waals surface area (Å²) in [5.74, 6) is 0. The van der Waals surface area contributed by atoms with E-state index in [9.17, 15) is 0 Å². The standard InChI is InChI=1S/C68H42N2O3/c1-5-17-43(18-6-1)53-25-13-27-55-57-29-15-31-59(67(57)72-65(53)55)69(47-21-9-3-10-22-47)49-35-37-51-45(41-49)33-39-61-63(51)64-52-38-36-50(42-46(52)34-40-62(64)71-61)70(48-23-11-4-12-24-48)60-32-16-30-58-56-28-14-26-54(66(56)73-68(58)60)44-19-7-2-8-20-44/h1-42H. The Morgan fingerprint density at radius 1 is 0.247 bits per heavy atom. The zero-order valence-corrected chi connectivity index (χ0v) is 39.4. The lowest BCUT2D eigenvalue weighted by atomic mass is 9.98. The Morgan fingerprint density at radius 3 is 1.05 bits per heavy atom. The molecular weight excluding hydrogens is 893 g/mol. The predicted molar refractivity (Wildman–Crippen MR) is 304 cm³/mol. The minimum atomic E-state index is 0.837. The smallest absolute Gasteiger partial charge is 0.159 e. The van der Waals surface area contributed by atoms with Crippen LogP contribution in [0.3, 0.4) is 0 Å². The maximum atomic E-state index is 6.98. The van der Waals surface area contributed by atoms with Crippen LogP contribution in [-0.4, -0.2) is 0 Å². The van der Waals surface area contributed by atoms with E-state index in [1.807, 2.05) is 12.1 Å². The van der Waals surface area contributed by atoms with Crippen LogP contribution in [0.1, 0.15) is 0 Å². The Bertz CT molecular complexity index is 4320. The molecule has 0 aliphatic heterocycles. The van der Waals surface area contributed by atoms with Crippen molar-refractivity contribution in [2.75, 3.05) is 9.80 Å². The first-order valence-corrected chi connectivity index (χ1v) is 24.7. The van der Waals surface area contributed by atoms with E-state index < -0.39 is 0 Å². The molecule has 3 heterocycles. The van der Waals surface area contributed by atoms with Gasteiger partial charge in [0.25, 0.3) is 0 Å². The Hall–Kier alpha value is -9.84. The largest absolute Gasteiger partial charge is 0.456 e. The summed E-state index contributed by atoms with van der Waals surface area (Å²) in [5, 5.41) is 11.0. The topological polar surface area (TPSA) is 45.9 Å². The molecule has 15 rings (SSSR count). The van der Waals surface area contributed by atoms with Gasteiger partial charge in [0, 0.05) is 66.2 Å². The molecule has 0 fully saturated rings. The van der Waals surface area contributed by atoms with Crippen molar-refractivity contribution in [2.45, 2.75) is 0 Å². The molecule has 342 valence electrons. The average molecular weight is 935 g/mol. The van der Waals surface area contributed by atoms with Crippen LogP contribution in [0, 0.1) is 0 Å². The number of hydrogen-bond acceptors (Lipinski definition) is 5. The summed E-state index contributed by atoms with van der Waals surface area (Å²) >= 11 is 0. The van der Waals surface area contributed by atoms with E-state index in [1.54, 1.807) is 0 Å². The SMILES string of the molecule is c1ccc(-c2cccc3c2oc2c(N(c4ccccc4)c4ccc5c(ccc6oc7ccc8cc(N(c9ccccc9)c9cccc%10c9oc9c(-c%11ccccc%11)cccc9%10)ccc8c7c65)c4)cccc23)cc1. The summed E-state index contributed by atoms with van der Waals surface area (Å²) in [6, 6.07) is 90.0. The van der Waals surface area contributed by atoms with Crippen molar-refractivity contribution >= 4 is 121 Å². The molecule has 0 aliphatic rings. The van der Waals surface area contributed by atoms with E-state index in [2.05, 4.69) is 252 Å². The highest BCUT2D eigenvalue weighted by molar-refractivity contribution is 6.27. The van der Waals surface area contributed by atoms with E-state index >= 15 is 0 Å². The minimum Gasteiger partial charge on any atom is -0.456 e. The summed E-state index contributed by atoms with van der Waals surface area (Å²) in [7, 11) is 0. The summed E-state index contributed by atoms with van der Waals surface area (Å²) in [4.78, 5) is 4.63. The van der Waals surface area contributed by atoms with E-state index in [4.69, 9.17) is 13.3 Å². The van der Waals surface area contributed by atoms with Crippen LogP contribution < -0.4 is 9.80 Å². The number of hydrogen-bond donors (Lipinski definition) is 0. The summed E-state index contributed by atoms with van der Waals surface area (Å²) < 4.78 is 20.7. The Balaban J connectivity index is 0.879. The fourth-order valence-corrected chi connectivity index (χ4v) is 11.3. The molecule has 0 bridgehead atoms. The molecule has 0 unspecified atom stereocenters. The van der Waals surface area contributed by atoms with Gasteiger partial charge < -0.3 is 23.1 Å². The fraction of sp³-hybridized carbons (Fsp3) is 0. The first-order valence-electron chi connectivity index (χ1n) is 24.7. The molecule has 0 radical (unpaired) electrons. The number of benzene rings is 12. The van der Waals surface area contributed by atoms with E-state index in [1.165, 1.54) is 0 Å². The molecule has 0 aliphatic carbocycles. The van der Waals surface area contributed by atoms with Crippen LogP contribution in [0.25, 0.3) is 110 Å². The van der Waals surface area contributed by atoms with Gasteiger partial charge in [-0.3, -0.25) is 0 Å². The molecular formula is C68H42N2O3. The lowest BCUT2D eigenvalue weighted by molar-refractivity contribution is 0.669. The zero-order chi connectivity index (χ0) is 48.0. The predicted octanol–water partition coefficient (Wildman–Crippen LogP) is 20.0. The van der Waals surface area contributed by atoms with E-state index in [-0.39, 0.29) is 0 Å². The van der Waals surface area contributed by atoms with Gasteiger partial charge in [0.1, 0.15) is 22.3 Å². The van der Waals surface area contributed by atoms with Crippen molar-refractivity contribution in [3.63, 3.8) is 0 Å². The highest BCUT2D eigenvalue weighted by atomic mass is 16.3. The molecule has 0 saturated heterocycles. The van der Waals surface area contributed by atoms with Gasteiger partial charge in [0.2, 0.25) is 0 Å². The van der Waals surface area contributed by atoms with Gasteiger partial charge in [-0.2, -0.15) is 0 Å². The second-order valence-electron chi connectivity index (χ2n) is 18.7. The monoisotopic (exact) mass is 934 g/mol. The summed E-state index contributed by atoms with van der Waals surface area (Å²) in [6.45, 7) is 0. The third-order valence-corrected chi connectivity index (χ3v) is 14.6. The van der Waals surface area contributed by atoms with Crippen molar-refractivity contribution in [1.82, 2.24) is 0 Å². The molecule has 73 heavy (non-hydrogen) atoms. The molecule has 3 aromatic heterocycles. The molecule has 5 heteroatoms. The molecule has 0 atom stereocenters. The van der Waals surface area contributed by atoms with Crippen molar-refractivity contribution in [3.05, 3.63) is 255 Å². The number of fused-ring (bicyclic) bond motifs is 13. The number of nitrogens with zero attached hydrogens (tertiary/aromatic N) is 2. The van der Waals surface area contributed by atoms with Crippen LogP contribution in [0.2, 0.25) is 0 Å². The highest BCUT2D eigenvalue weighted by Gasteiger charge is 2.24. The minimum absolute atomic E-state index is 0.837. The molecule has 12 aromatic carbocycles. The molecule has 5 nitrogen and oxygen atoms in total. The van der Waals surface area contributed by atoms with E-state index in [0.29, 0.717) is 0 Å². The van der Waals surface area contributed by atoms with Gasteiger partial charge in [0.15, 0.2) is 11.2 Å². The molecule has 0 amide bonds. The Morgan fingerprint density at radius 2 is 0.630 bits per heavy atom. The normalized spacial score (nSPS) is 11.8.